The number of nitrogens with one attached hydrogen (secondary N) is 1. The van der Waals surface area contributed by atoms with Crippen LogP contribution in [0, 0.1) is 0 Å². The summed E-state index contributed by atoms with van der Waals surface area (Å²) in [5.41, 5.74) is -0.0640. The van der Waals surface area contributed by atoms with Gasteiger partial charge in [-0.1, -0.05) is 18.2 Å². The molecule has 0 aliphatic heterocycles. The third kappa shape index (κ3) is 4.21. The molecule has 1 aromatic carbocycles. The first kappa shape index (κ1) is 17.5. The van der Waals surface area contributed by atoms with Crippen LogP contribution in [0.25, 0.3) is 0 Å². The van der Waals surface area contributed by atoms with Gasteiger partial charge in [0.15, 0.2) is 0 Å². The number of carbonyl (C=O) groups is 1. The van der Waals surface area contributed by atoms with Crippen molar-refractivity contribution in [1.82, 2.24) is 15.2 Å². The lowest BCUT2D eigenvalue weighted by atomic mass is 10.0. The van der Waals surface area contributed by atoms with E-state index in [1.54, 1.807) is 24.5 Å². The largest absolute Gasteiger partial charge is 0.416 e. The topological polar surface area (TPSA) is 67.8 Å². The van der Waals surface area contributed by atoms with Gasteiger partial charge in [0.05, 0.1) is 5.56 Å². The van der Waals surface area contributed by atoms with Crippen molar-refractivity contribution >= 4 is 11.6 Å². The fourth-order valence-electron chi connectivity index (χ4n) is 2.23. The molecule has 2 aromatic heterocycles. The smallest absolute Gasteiger partial charge is 0.364 e. The Hall–Kier alpha value is -3.29. The maximum Gasteiger partial charge on any atom is 0.416 e. The molecule has 0 fully saturated rings. The van der Waals surface area contributed by atoms with Gasteiger partial charge >= 0.3 is 6.18 Å². The Bertz CT molecular complexity index is 896. The second-order valence-electron chi connectivity index (χ2n) is 5.43. The van der Waals surface area contributed by atoms with Crippen LogP contribution in [-0.2, 0) is 12.7 Å². The van der Waals surface area contributed by atoms with E-state index < -0.39 is 17.5 Å². The lowest BCUT2D eigenvalue weighted by molar-refractivity contribution is -0.137. The van der Waals surface area contributed by atoms with Crippen molar-refractivity contribution in [1.29, 1.82) is 0 Å². The van der Waals surface area contributed by atoms with Crippen LogP contribution in [0.4, 0.5) is 19.0 Å². The van der Waals surface area contributed by atoms with Gasteiger partial charge in [0, 0.05) is 24.5 Å². The number of benzene rings is 1. The molecule has 132 valence electrons. The van der Waals surface area contributed by atoms with E-state index in [4.69, 9.17) is 0 Å². The third-order valence-electron chi connectivity index (χ3n) is 3.55. The van der Waals surface area contributed by atoms with Gasteiger partial charge in [-0.2, -0.15) is 13.2 Å². The summed E-state index contributed by atoms with van der Waals surface area (Å²) in [4.78, 5) is 16.3. The standard InChI is InChI=1S/C18H13F3N4O/c19-18(20,21)14-5-1-4-13(9-14)17(26)15-6-7-16(25-24-15)23-11-12-3-2-8-22-10-12/h1-10H,11H2,(H,23,25). The first-order valence-electron chi connectivity index (χ1n) is 7.62. The van der Waals surface area contributed by atoms with Crippen LogP contribution >= 0.6 is 0 Å². The number of ketones is 1. The van der Waals surface area contributed by atoms with E-state index in [1.807, 2.05) is 6.07 Å². The Morgan fingerprint density at radius 2 is 1.88 bits per heavy atom. The molecule has 0 aliphatic rings. The van der Waals surface area contributed by atoms with Crippen LogP contribution in [-0.4, -0.2) is 21.0 Å². The molecule has 0 bridgehead atoms. The summed E-state index contributed by atoms with van der Waals surface area (Å²) in [6, 6.07) is 10.9. The SMILES string of the molecule is O=C(c1cccc(C(F)(F)F)c1)c1ccc(NCc2cccnc2)nn1. The molecule has 0 spiro atoms. The number of hydrogen-bond acceptors (Lipinski definition) is 5. The summed E-state index contributed by atoms with van der Waals surface area (Å²) in [7, 11) is 0. The maximum atomic E-state index is 12.8. The number of alkyl halides is 3. The summed E-state index contributed by atoms with van der Waals surface area (Å²) < 4.78 is 38.3. The van der Waals surface area contributed by atoms with Crippen molar-refractivity contribution < 1.29 is 18.0 Å². The first-order chi connectivity index (χ1) is 12.4. The molecular weight excluding hydrogens is 345 g/mol. The predicted molar refractivity (Wildman–Crippen MR) is 88.5 cm³/mol. The minimum Gasteiger partial charge on any atom is -0.364 e. The van der Waals surface area contributed by atoms with Crippen LogP contribution in [0.5, 0.6) is 0 Å². The average Bonchev–Trinajstić information content (AvgIpc) is 2.66. The molecule has 0 amide bonds. The normalized spacial score (nSPS) is 11.2. The van der Waals surface area contributed by atoms with Crippen molar-refractivity contribution in [3.8, 4) is 0 Å². The van der Waals surface area contributed by atoms with Crippen LogP contribution in [0.2, 0.25) is 0 Å². The van der Waals surface area contributed by atoms with E-state index in [-0.39, 0.29) is 11.3 Å². The van der Waals surface area contributed by atoms with Gasteiger partial charge in [-0.15, -0.1) is 10.2 Å². The van der Waals surface area contributed by atoms with Crippen molar-refractivity contribution in [2.75, 3.05) is 5.32 Å². The van der Waals surface area contributed by atoms with Gasteiger partial charge in [0.1, 0.15) is 11.5 Å². The zero-order valence-electron chi connectivity index (χ0n) is 13.4. The molecule has 3 rings (SSSR count). The van der Waals surface area contributed by atoms with Crippen molar-refractivity contribution in [2.24, 2.45) is 0 Å². The molecule has 0 unspecified atom stereocenters. The van der Waals surface area contributed by atoms with Crippen LogP contribution < -0.4 is 5.32 Å². The second kappa shape index (κ2) is 7.30. The van der Waals surface area contributed by atoms with Crippen molar-refractivity contribution in [3.63, 3.8) is 0 Å². The number of aromatic nitrogens is 3. The molecule has 8 heteroatoms. The highest BCUT2D eigenvalue weighted by atomic mass is 19.4. The lowest BCUT2D eigenvalue weighted by Crippen LogP contribution is -2.10. The Morgan fingerprint density at radius 1 is 1.04 bits per heavy atom. The highest BCUT2D eigenvalue weighted by Crippen LogP contribution is 2.29. The molecule has 3 aromatic rings. The number of halogens is 3. The van der Waals surface area contributed by atoms with Gasteiger partial charge < -0.3 is 5.32 Å². The van der Waals surface area contributed by atoms with E-state index in [9.17, 15) is 18.0 Å². The van der Waals surface area contributed by atoms with E-state index in [2.05, 4.69) is 20.5 Å². The van der Waals surface area contributed by atoms with E-state index in [0.717, 1.165) is 17.7 Å². The van der Waals surface area contributed by atoms with Gasteiger partial charge in [-0.25, -0.2) is 0 Å². The second-order valence-corrected chi connectivity index (χ2v) is 5.43. The predicted octanol–water partition coefficient (Wildman–Crippen LogP) is 3.73. The maximum absolute atomic E-state index is 12.8. The van der Waals surface area contributed by atoms with Crippen LogP contribution in [0.15, 0.2) is 60.9 Å². The molecule has 2 heterocycles. The molecular formula is C18H13F3N4O. The monoisotopic (exact) mass is 358 g/mol. The molecule has 26 heavy (non-hydrogen) atoms. The lowest BCUT2D eigenvalue weighted by Gasteiger charge is -2.08. The zero-order valence-corrected chi connectivity index (χ0v) is 13.4. The third-order valence-corrected chi connectivity index (χ3v) is 3.55. The Labute approximate surface area is 146 Å². The van der Waals surface area contributed by atoms with E-state index in [0.29, 0.717) is 12.4 Å². The van der Waals surface area contributed by atoms with Crippen LogP contribution in [0.1, 0.15) is 27.2 Å². The molecule has 0 radical (unpaired) electrons. The molecule has 0 aliphatic carbocycles. The number of rotatable bonds is 5. The Kier molecular flexibility index (Phi) is 4.92. The zero-order chi connectivity index (χ0) is 18.6. The highest BCUT2D eigenvalue weighted by molar-refractivity contribution is 6.07. The first-order valence-corrected chi connectivity index (χ1v) is 7.62. The van der Waals surface area contributed by atoms with Gasteiger partial charge in [0.25, 0.3) is 0 Å². The van der Waals surface area contributed by atoms with Gasteiger partial charge in [-0.05, 0) is 35.9 Å². The number of anilines is 1. The molecule has 0 saturated carbocycles. The number of nitrogens with zero attached hydrogens (tertiary/aromatic N) is 3. The molecule has 0 atom stereocenters. The summed E-state index contributed by atoms with van der Waals surface area (Å²) in [6.07, 6.45) is -1.15. The van der Waals surface area contributed by atoms with E-state index >= 15 is 0 Å². The van der Waals surface area contributed by atoms with E-state index in [1.165, 1.54) is 18.2 Å². The van der Waals surface area contributed by atoms with Crippen molar-refractivity contribution in [2.45, 2.75) is 12.7 Å². The minimum absolute atomic E-state index is 0.0312. The van der Waals surface area contributed by atoms with Crippen molar-refractivity contribution in [3.05, 3.63) is 83.3 Å². The molecule has 0 saturated heterocycles. The number of hydrogen-bond donors (Lipinski definition) is 1. The summed E-state index contributed by atoms with van der Waals surface area (Å²) in [5.74, 6) is -0.183. The summed E-state index contributed by atoms with van der Waals surface area (Å²) in [6.45, 7) is 0.476. The van der Waals surface area contributed by atoms with Gasteiger partial charge in [0.2, 0.25) is 5.78 Å². The van der Waals surface area contributed by atoms with Gasteiger partial charge in [-0.3, -0.25) is 9.78 Å². The number of carbonyl (C=O) groups excluding carboxylic acids is 1. The Balaban J connectivity index is 1.71. The fourth-order valence-corrected chi connectivity index (χ4v) is 2.23. The Morgan fingerprint density at radius 3 is 2.54 bits per heavy atom. The summed E-state index contributed by atoms with van der Waals surface area (Å²) >= 11 is 0. The quantitative estimate of drug-likeness (QED) is 0.704. The number of pyridine rings is 1. The molecule has 5 nitrogen and oxygen atoms in total. The minimum atomic E-state index is -4.51. The fraction of sp³-hybridized carbons (Fsp3) is 0.111. The average molecular weight is 358 g/mol. The highest BCUT2D eigenvalue weighted by Gasteiger charge is 2.31. The summed E-state index contributed by atoms with van der Waals surface area (Å²) in [5, 5.41) is 10.7. The van der Waals surface area contributed by atoms with Crippen LogP contribution in [0.3, 0.4) is 0 Å². The molecule has 1 N–H and O–H groups in total.